The number of phenols is 1. The van der Waals surface area contributed by atoms with E-state index >= 15 is 0 Å². The van der Waals surface area contributed by atoms with E-state index in [1.54, 1.807) is 19.1 Å². The van der Waals surface area contributed by atoms with Crippen molar-refractivity contribution < 1.29 is 59.4 Å². The van der Waals surface area contributed by atoms with Crippen LogP contribution in [-0.2, 0) is 30.5 Å². The van der Waals surface area contributed by atoms with Crippen molar-refractivity contribution in [2.45, 2.75) is 20.4 Å². The Labute approximate surface area is 262 Å². The summed E-state index contributed by atoms with van der Waals surface area (Å²) in [5.41, 5.74) is 1.71. The van der Waals surface area contributed by atoms with Gasteiger partial charge in [0.05, 0.1) is 31.7 Å². The van der Waals surface area contributed by atoms with Crippen LogP contribution in [0, 0.1) is 6.92 Å². The highest BCUT2D eigenvalue weighted by molar-refractivity contribution is 6.11. The van der Waals surface area contributed by atoms with Crippen LogP contribution in [0.25, 0.3) is 5.57 Å². The smallest absolute Gasteiger partial charge is 0.336 e. The van der Waals surface area contributed by atoms with E-state index < -0.39 is 61.8 Å². The summed E-state index contributed by atoms with van der Waals surface area (Å²) in [6, 6.07) is 9.02. The number of rotatable bonds is 15. The molecule has 0 spiro atoms. The topological polar surface area (TPSA) is 230 Å². The molecule has 6 N–H and O–H groups in total. The van der Waals surface area contributed by atoms with Crippen molar-refractivity contribution in [3.63, 3.8) is 0 Å². The van der Waals surface area contributed by atoms with Gasteiger partial charge in [0.25, 0.3) is 0 Å². The maximum Gasteiger partial charge on any atom is 0.336 e. The molecule has 0 bridgehead atoms. The first-order valence-corrected chi connectivity index (χ1v) is 13.7. The van der Waals surface area contributed by atoms with Crippen LogP contribution in [0.3, 0.4) is 0 Å². The van der Waals surface area contributed by atoms with Crippen LogP contribution < -0.4 is 0 Å². The van der Waals surface area contributed by atoms with Gasteiger partial charge in [0.2, 0.25) is 0 Å². The average molecular weight is 637 g/mol. The predicted molar refractivity (Wildman–Crippen MR) is 161 cm³/mol. The third-order valence-corrected chi connectivity index (χ3v) is 6.96. The molecule has 0 aliphatic heterocycles. The standard InChI is InChI=1S/C32H32N2O12/c1-17-7-19(9-21(30(17)43)11-33(13-25(35)36)14-26(37)38)29(23-5-3-4-6-24(23)32(45)46)20-8-18(2)31(44)22(10-20)12-34(15-27(39)40)16-28(41)42/h3-10,43H,11-16H2,1-2H3,(H,35,36)(H,37,38)(H,39,40)(H,41,42)(H,45,46). The van der Waals surface area contributed by atoms with Gasteiger partial charge in [-0.25, -0.2) is 4.79 Å². The maximum absolute atomic E-state index is 13.2. The number of aliphatic carboxylic acids is 4. The Morgan fingerprint density at radius 3 is 1.70 bits per heavy atom. The van der Waals surface area contributed by atoms with Gasteiger partial charge in [0, 0.05) is 24.2 Å². The number of aromatic hydroxyl groups is 1. The summed E-state index contributed by atoms with van der Waals surface area (Å²) in [5, 5.41) is 58.1. The monoisotopic (exact) mass is 636 g/mol. The minimum atomic E-state index is -1.31. The summed E-state index contributed by atoms with van der Waals surface area (Å²) < 4.78 is 0. The Morgan fingerprint density at radius 1 is 0.696 bits per heavy atom. The van der Waals surface area contributed by atoms with Crippen LogP contribution in [0.2, 0.25) is 0 Å². The fourth-order valence-electron chi connectivity index (χ4n) is 5.17. The van der Waals surface area contributed by atoms with E-state index in [1.165, 1.54) is 43.3 Å². The fourth-order valence-corrected chi connectivity index (χ4v) is 5.17. The molecule has 1 aliphatic rings. The second-order valence-corrected chi connectivity index (χ2v) is 10.7. The Bertz CT molecular complexity index is 1670. The number of carboxylic acids is 5. The summed E-state index contributed by atoms with van der Waals surface area (Å²) in [5.74, 6) is -7.19. The van der Waals surface area contributed by atoms with Gasteiger partial charge in [-0.2, -0.15) is 0 Å². The molecular formula is C32H32N2O12. The second-order valence-electron chi connectivity index (χ2n) is 10.7. The molecule has 0 heterocycles. The van der Waals surface area contributed by atoms with Gasteiger partial charge < -0.3 is 30.6 Å². The fraction of sp³-hybridized carbons (Fsp3) is 0.250. The highest BCUT2D eigenvalue weighted by Crippen LogP contribution is 2.37. The van der Waals surface area contributed by atoms with E-state index in [4.69, 9.17) is 0 Å². The minimum Gasteiger partial charge on any atom is -0.507 e. The van der Waals surface area contributed by atoms with Crippen molar-refractivity contribution in [3.8, 4) is 5.75 Å². The van der Waals surface area contributed by atoms with Crippen molar-refractivity contribution in [2.24, 2.45) is 0 Å². The van der Waals surface area contributed by atoms with Crippen LogP contribution in [0.5, 0.6) is 5.75 Å². The first-order chi connectivity index (χ1) is 21.6. The predicted octanol–water partition coefficient (Wildman–Crippen LogP) is 2.10. The third kappa shape index (κ3) is 8.97. The highest BCUT2D eigenvalue weighted by Gasteiger charge is 2.26. The van der Waals surface area contributed by atoms with E-state index in [0.717, 1.165) is 9.80 Å². The van der Waals surface area contributed by atoms with Gasteiger partial charge in [0.15, 0.2) is 5.78 Å². The summed E-state index contributed by atoms with van der Waals surface area (Å²) in [4.78, 5) is 73.3. The van der Waals surface area contributed by atoms with Gasteiger partial charge in [0.1, 0.15) is 5.75 Å². The first-order valence-electron chi connectivity index (χ1n) is 13.7. The number of hydrogen-bond donors (Lipinski definition) is 6. The lowest BCUT2D eigenvalue weighted by molar-refractivity contribution is -0.143. The SMILES string of the molecule is CC1=CC(=C(c2cc(C)c(O)c(CN(CC(=O)O)CC(=O)O)c2)c2ccccc2C(=O)O)C=C(CN(CC(=O)O)CC(=O)O)C1=O. The number of aryl methyl sites for hydroxylation is 1. The number of aromatic carboxylic acids is 1. The van der Waals surface area contributed by atoms with Crippen molar-refractivity contribution >= 4 is 41.2 Å². The minimum absolute atomic E-state index is 0.0487. The van der Waals surface area contributed by atoms with Gasteiger partial charge >= 0.3 is 29.8 Å². The molecule has 0 unspecified atom stereocenters. The molecule has 14 nitrogen and oxygen atoms in total. The third-order valence-electron chi connectivity index (χ3n) is 6.96. The normalized spacial score (nSPS) is 14.1. The Morgan fingerprint density at radius 2 is 1.20 bits per heavy atom. The van der Waals surface area contributed by atoms with Crippen molar-refractivity contribution in [1.82, 2.24) is 9.80 Å². The molecule has 14 heteroatoms. The zero-order chi connectivity index (χ0) is 34.3. The second kappa shape index (κ2) is 14.9. The summed E-state index contributed by atoms with van der Waals surface area (Å²) in [6.45, 7) is -0.232. The number of hydrogen-bond acceptors (Lipinski definition) is 9. The number of carbonyl (C=O) groups is 6. The number of nitrogens with zero attached hydrogens (tertiary/aromatic N) is 2. The molecule has 2 aromatic rings. The lowest BCUT2D eigenvalue weighted by atomic mass is 9.84. The molecule has 0 radical (unpaired) electrons. The van der Waals surface area contributed by atoms with Crippen molar-refractivity contribution in [1.29, 1.82) is 0 Å². The van der Waals surface area contributed by atoms with E-state index in [9.17, 15) is 59.4 Å². The molecule has 0 aromatic heterocycles. The maximum atomic E-state index is 13.2. The summed E-state index contributed by atoms with van der Waals surface area (Å²) >= 11 is 0. The van der Waals surface area contributed by atoms with Gasteiger partial charge in [-0.05, 0) is 77.6 Å². The number of allylic oxidation sites excluding steroid dienone is 4. The van der Waals surface area contributed by atoms with Crippen LogP contribution in [0.15, 0.2) is 65.3 Å². The van der Waals surface area contributed by atoms with Crippen LogP contribution in [0.4, 0.5) is 0 Å². The molecular weight excluding hydrogens is 604 g/mol. The molecule has 0 atom stereocenters. The molecule has 0 saturated carbocycles. The largest absolute Gasteiger partial charge is 0.507 e. The Balaban J connectivity index is 2.34. The molecule has 0 amide bonds. The quantitative estimate of drug-likeness (QED) is 0.164. The van der Waals surface area contributed by atoms with Crippen molar-refractivity contribution in [2.75, 3.05) is 32.7 Å². The van der Waals surface area contributed by atoms with E-state index in [-0.39, 0.29) is 52.2 Å². The average Bonchev–Trinajstić information content (AvgIpc) is 2.93. The van der Waals surface area contributed by atoms with Gasteiger partial charge in [-0.1, -0.05) is 18.2 Å². The number of Topliss-reactive ketones (excluding diaryl/α,β-unsaturated/α-hetero) is 1. The number of carbonyl (C=O) groups excluding carboxylic acids is 1. The van der Waals surface area contributed by atoms with E-state index in [2.05, 4.69) is 0 Å². The highest BCUT2D eigenvalue weighted by atomic mass is 16.4. The molecule has 0 saturated heterocycles. The van der Waals surface area contributed by atoms with E-state index in [1.807, 2.05) is 0 Å². The first kappa shape index (κ1) is 34.9. The zero-order valence-electron chi connectivity index (χ0n) is 24.9. The molecule has 2 aromatic carbocycles. The number of ketones is 1. The molecule has 0 fully saturated rings. The number of carboxylic acid groups (broad SMARTS) is 5. The summed E-state index contributed by atoms with van der Waals surface area (Å²) in [6.07, 6.45) is 2.92. The number of benzene rings is 2. The van der Waals surface area contributed by atoms with E-state index in [0.29, 0.717) is 16.7 Å². The van der Waals surface area contributed by atoms with Crippen LogP contribution in [0.1, 0.15) is 39.5 Å². The van der Waals surface area contributed by atoms with Crippen LogP contribution in [-0.4, -0.2) is 109 Å². The Kier molecular flexibility index (Phi) is 11.3. The Hall–Kier alpha value is -5.60. The van der Waals surface area contributed by atoms with Gasteiger partial charge in [-0.3, -0.25) is 33.8 Å². The lowest BCUT2D eigenvalue weighted by Crippen LogP contribution is -2.37. The lowest BCUT2D eigenvalue weighted by Gasteiger charge is -2.24. The van der Waals surface area contributed by atoms with Crippen molar-refractivity contribution in [3.05, 3.63) is 93.1 Å². The molecule has 242 valence electrons. The van der Waals surface area contributed by atoms with Crippen LogP contribution >= 0.6 is 0 Å². The number of phenolic OH excluding ortho intramolecular Hbond substituents is 1. The van der Waals surface area contributed by atoms with Gasteiger partial charge in [-0.15, -0.1) is 0 Å². The molecule has 3 rings (SSSR count). The zero-order valence-corrected chi connectivity index (χ0v) is 24.9. The summed E-state index contributed by atoms with van der Waals surface area (Å²) in [7, 11) is 0. The molecule has 1 aliphatic carbocycles. The molecule has 46 heavy (non-hydrogen) atoms.